The quantitative estimate of drug-likeness (QED) is 0.423. The molecule has 1 atom stereocenters. The van der Waals surface area contributed by atoms with Gasteiger partial charge >= 0.3 is 0 Å². The number of halogens is 1. The van der Waals surface area contributed by atoms with Gasteiger partial charge in [0.1, 0.15) is 35.1 Å². The summed E-state index contributed by atoms with van der Waals surface area (Å²) in [5.74, 6) is -0.492. The van der Waals surface area contributed by atoms with Crippen LogP contribution in [0.15, 0.2) is 58.4 Å². The molecular formula is C23H22FN7O3S. The first-order valence-electron chi connectivity index (χ1n) is 10.7. The van der Waals surface area contributed by atoms with Gasteiger partial charge < -0.3 is 11.1 Å². The molecule has 0 aliphatic carbocycles. The molecular weight excluding hydrogens is 473 g/mol. The van der Waals surface area contributed by atoms with Crippen molar-refractivity contribution >= 4 is 27.6 Å². The summed E-state index contributed by atoms with van der Waals surface area (Å²) in [7, 11) is -3.68. The number of amides is 1. The molecule has 1 aliphatic rings. The Labute approximate surface area is 201 Å². The van der Waals surface area contributed by atoms with Gasteiger partial charge in [-0.25, -0.2) is 17.5 Å². The Kier molecular flexibility index (Phi) is 6.52. The van der Waals surface area contributed by atoms with E-state index in [1.54, 1.807) is 25.1 Å². The van der Waals surface area contributed by atoms with Crippen LogP contribution in [0.4, 0.5) is 10.2 Å². The Balaban J connectivity index is 1.37. The highest BCUT2D eigenvalue weighted by molar-refractivity contribution is 7.90. The number of amidine groups is 1. The summed E-state index contributed by atoms with van der Waals surface area (Å²) in [6, 6.07) is 13.2. The molecule has 1 aliphatic heterocycles. The van der Waals surface area contributed by atoms with E-state index in [0.29, 0.717) is 29.8 Å². The smallest absolute Gasteiger partial charge is 0.263 e. The maximum atomic E-state index is 13.2. The second-order valence-electron chi connectivity index (χ2n) is 7.86. The van der Waals surface area contributed by atoms with Crippen LogP contribution in [0.5, 0.6) is 0 Å². The number of sulfonamides is 1. The van der Waals surface area contributed by atoms with E-state index < -0.39 is 21.9 Å². The number of rotatable bonds is 7. The molecule has 4 N–H and O–H groups in total. The van der Waals surface area contributed by atoms with E-state index in [1.807, 2.05) is 6.07 Å². The largest absolute Gasteiger partial charge is 0.382 e. The lowest BCUT2D eigenvalue weighted by molar-refractivity contribution is -0.121. The fraction of sp³-hybridized carbons (Fsp3) is 0.217. The molecule has 0 bridgehead atoms. The van der Waals surface area contributed by atoms with Gasteiger partial charge in [-0.2, -0.15) is 10.4 Å². The monoisotopic (exact) mass is 495 g/mol. The molecule has 1 amide bonds. The van der Waals surface area contributed by atoms with E-state index in [4.69, 9.17) is 5.73 Å². The minimum atomic E-state index is -3.68. The number of fused-ring (bicyclic) bond motifs is 1. The van der Waals surface area contributed by atoms with Crippen molar-refractivity contribution in [3.8, 4) is 11.8 Å². The number of anilines is 1. The Hall–Kier alpha value is -4.24. The van der Waals surface area contributed by atoms with E-state index in [1.165, 1.54) is 35.0 Å². The van der Waals surface area contributed by atoms with E-state index in [2.05, 4.69) is 20.1 Å². The van der Waals surface area contributed by atoms with E-state index in [0.717, 1.165) is 0 Å². The minimum absolute atomic E-state index is 0.124. The fourth-order valence-corrected chi connectivity index (χ4v) is 4.89. The normalized spacial score (nSPS) is 15.7. The number of nitrogen functional groups attached to an aromatic ring is 1. The number of aromatic nitrogens is 2. The van der Waals surface area contributed by atoms with Crippen LogP contribution in [-0.4, -0.2) is 42.5 Å². The Morgan fingerprint density at radius 3 is 2.71 bits per heavy atom. The molecule has 180 valence electrons. The number of carbonyl (C=O) groups excluding carboxylic acids is 1. The third kappa shape index (κ3) is 4.85. The van der Waals surface area contributed by atoms with Crippen LogP contribution >= 0.6 is 0 Å². The van der Waals surface area contributed by atoms with Crippen LogP contribution in [0.3, 0.4) is 0 Å². The Morgan fingerprint density at radius 1 is 1.29 bits per heavy atom. The van der Waals surface area contributed by atoms with Crippen molar-refractivity contribution < 1.29 is 17.6 Å². The number of nitrogens with two attached hydrogens (primary N) is 1. The number of benzene rings is 2. The molecule has 0 spiro atoms. The van der Waals surface area contributed by atoms with Gasteiger partial charge in [0.25, 0.3) is 10.0 Å². The van der Waals surface area contributed by atoms with Crippen LogP contribution in [-0.2, 0) is 21.2 Å². The third-order valence-electron chi connectivity index (χ3n) is 5.43. The average molecular weight is 496 g/mol. The maximum absolute atomic E-state index is 13.2. The van der Waals surface area contributed by atoms with Gasteiger partial charge in [-0.15, -0.1) is 0 Å². The third-order valence-corrected chi connectivity index (χ3v) is 6.83. The molecule has 2 heterocycles. The van der Waals surface area contributed by atoms with Gasteiger partial charge in [0, 0.05) is 12.1 Å². The SMILES string of the molecule is C[C@H](N=C1NS(=O)(=O)c2ccccc21)C(=O)NCCCc1nn(-c2ccc(F)cc2)c(N)c1C#N. The summed E-state index contributed by atoms with van der Waals surface area (Å²) in [5.41, 5.74) is 7.70. The van der Waals surface area contributed by atoms with Crippen molar-refractivity contribution in [1.29, 1.82) is 5.26 Å². The number of nitriles is 1. The number of nitrogens with one attached hydrogen (secondary N) is 2. The maximum Gasteiger partial charge on any atom is 0.263 e. The number of aliphatic imine (C=N–C) groups is 1. The van der Waals surface area contributed by atoms with Gasteiger partial charge in [-0.3, -0.25) is 14.5 Å². The van der Waals surface area contributed by atoms with Crippen LogP contribution in [0, 0.1) is 17.1 Å². The molecule has 10 nitrogen and oxygen atoms in total. The van der Waals surface area contributed by atoms with Gasteiger partial charge in [-0.1, -0.05) is 12.1 Å². The van der Waals surface area contributed by atoms with Crippen LogP contribution in [0.25, 0.3) is 5.69 Å². The summed E-state index contributed by atoms with van der Waals surface area (Å²) in [6.45, 7) is 1.85. The molecule has 0 fully saturated rings. The van der Waals surface area contributed by atoms with Gasteiger partial charge in [-0.05, 0) is 56.2 Å². The zero-order chi connectivity index (χ0) is 25.2. The molecule has 0 saturated carbocycles. The molecule has 12 heteroatoms. The van der Waals surface area contributed by atoms with Gasteiger partial charge in [0.15, 0.2) is 0 Å². The first-order valence-corrected chi connectivity index (χ1v) is 12.2. The van der Waals surface area contributed by atoms with Crippen molar-refractivity contribution in [2.45, 2.75) is 30.7 Å². The molecule has 0 radical (unpaired) electrons. The number of nitrogens with zero attached hydrogens (tertiary/aromatic N) is 4. The predicted molar refractivity (Wildman–Crippen MR) is 127 cm³/mol. The van der Waals surface area contributed by atoms with E-state index in [9.17, 15) is 22.9 Å². The zero-order valence-corrected chi connectivity index (χ0v) is 19.5. The van der Waals surface area contributed by atoms with Crippen molar-refractivity contribution in [3.05, 3.63) is 71.2 Å². The lowest BCUT2D eigenvalue weighted by Crippen LogP contribution is -2.34. The van der Waals surface area contributed by atoms with Crippen molar-refractivity contribution in [2.24, 2.45) is 4.99 Å². The summed E-state index contributed by atoms with van der Waals surface area (Å²) in [4.78, 5) is 16.9. The molecule has 0 unspecified atom stereocenters. The number of aryl methyl sites for hydroxylation is 1. The van der Waals surface area contributed by atoms with E-state index in [-0.39, 0.29) is 34.6 Å². The standard InChI is InChI=1S/C23H22FN7O3S/c1-14(28-22-17-5-2-3-7-20(17)35(33,34)30-22)23(32)27-12-4-6-19-18(13-25)21(26)31(29-19)16-10-8-15(24)9-11-16/h2-3,5,7-11,14H,4,6,12,26H2,1H3,(H,27,32)(H,28,30)/t14-/m0/s1. The van der Waals surface area contributed by atoms with Gasteiger partial charge in [0.05, 0.1) is 16.3 Å². The van der Waals surface area contributed by atoms with Crippen molar-refractivity contribution in [2.75, 3.05) is 12.3 Å². The first kappa shape index (κ1) is 23.9. The molecule has 3 aromatic rings. The first-order chi connectivity index (χ1) is 16.7. The Bertz CT molecular complexity index is 1460. The molecule has 0 saturated heterocycles. The summed E-state index contributed by atoms with van der Waals surface area (Å²) < 4.78 is 41.4. The van der Waals surface area contributed by atoms with Crippen LogP contribution in [0.1, 0.15) is 30.2 Å². The van der Waals surface area contributed by atoms with Crippen molar-refractivity contribution in [3.63, 3.8) is 0 Å². The van der Waals surface area contributed by atoms with Gasteiger partial charge in [0.2, 0.25) is 5.91 Å². The Morgan fingerprint density at radius 2 is 2.00 bits per heavy atom. The average Bonchev–Trinajstić information content (AvgIpc) is 3.29. The molecule has 1 aromatic heterocycles. The second kappa shape index (κ2) is 9.55. The number of hydrogen-bond acceptors (Lipinski definition) is 7. The lowest BCUT2D eigenvalue weighted by atomic mass is 10.1. The fourth-order valence-electron chi connectivity index (χ4n) is 3.65. The van der Waals surface area contributed by atoms with Crippen LogP contribution < -0.4 is 15.8 Å². The highest BCUT2D eigenvalue weighted by atomic mass is 32.2. The summed E-state index contributed by atoms with van der Waals surface area (Å²) in [5, 5.41) is 16.6. The lowest BCUT2D eigenvalue weighted by Gasteiger charge is -2.09. The molecule has 35 heavy (non-hydrogen) atoms. The highest BCUT2D eigenvalue weighted by Crippen LogP contribution is 2.23. The number of hydrogen-bond donors (Lipinski definition) is 3. The zero-order valence-electron chi connectivity index (χ0n) is 18.7. The molecule has 2 aromatic carbocycles. The minimum Gasteiger partial charge on any atom is -0.382 e. The predicted octanol–water partition coefficient (Wildman–Crippen LogP) is 1.64. The highest BCUT2D eigenvalue weighted by Gasteiger charge is 2.31. The topological polar surface area (TPSA) is 155 Å². The van der Waals surface area contributed by atoms with Crippen LogP contribution in [0.2, 0.25) is 0 Å². The molecule has 4 rings (SSSR count). The summed E-state index contributed by atoms with van der Waals surface area (Å²) >= 11 is 0. The second-order valence-corrected chi connectivity index (χ2v) is 9.51. The summed E-state index contributed by atoms with van der Waals surface area (Å²) in [6.07, 6.45) is 0.844. The van der Waals surface area contributed by atoms with E-state index >= 15 is 0 Å². The number of carbonyl (C=O) groups is 1. The van der Waals surface area contributed by atoms with Crippen molar-refractivity contribution in [1.82, 2.24) is 19.8 Å².